The Labute approximate surface area is 187 Å². The van der Waals surface area contributed by atoms with E-state index in [4.69, 9.17) is 26.8 Å². The number of nitrogens with one attached hydrogen (secondary N) is 1. The maximum absolute atomic E-state index is 12.7. The molecule has 0 saturated carbocycles. The second-order valence-electron chi connectivity index (χ2n) is 6.86. The van der Waals surface area contributed by atoms with Crippen molar-refractivity contribution in [2.24, 2.45) is 0 Å². The van der Waals surface area contributed by atoms with Crippen LogP contribution in [-0.4, -0.2) is 92.4 Å². The number of amides is 2. The molecule has 2 fully saturated rings. The van der Waals surface area contributed by atoms with E-state index in [0.29, 0.717) is 10.7 Å². The average molecular weight is 471 g/mol. The van der Waals surface area contributed by atoms with Gasteiger partial charge in [-0.2, -0.15) is 0 Å². The van der Waals surface area contributed by atoms with Crippen molar-refractivity contribution in [3.05, 3.63) is 34.7 Å². The van der Waals surface area contributed by atoms with Crippen molar-refractivity contribution in [3.63, 3.8) is 0 Å². The Morgan fingerprint density at radius 3 is 2.58 bits per heavy atom. The van der Waals surface area contributed by atoms with Gasteiger partial charge in [-0.15, -0.1) is 0 Å². The van der Waals surface area contributed by atoms with Crippen LogP contribution in [0.3, 0.4) is 0 Å². The minimum Gasteiger partial charge on any atom is -0.497 e. The van der Waals surface area contributed by atoms with E-state index in [1.807, 2.05) is 0 Å². The zero-order chi connectivity index (χ0) is 22.7. The number of hydrogen-bond acceptors (Lipinski definition) is 10. The number of methoxy groups -OCH3 is 1. The van der Waals surface area contributed by atoms with Crippen molar-refractivity contribution in [2.75, 3.05) is 20.3 Å². The predicted octanol–water partition coefficient (Wildman–Crippen LogP) is -1.19. The lowest BCUT2D eigenvalue weighted by Gasteiger charge is -2.40. The summed E-state index contributed by atoms with van der Waals surface area (Å²) in [4.78, 5) is 26.5. The molecule has 5 N–H and O–H groups in total. The first-order valence-electron chi connectivity index (χ1n) is 9.24. The van der Waals surface area contributed by atoms with E-state index in [2.05, 4.69) is 5.32 Å². The van der Waals surface area contributed by atoms with Gasteiger partial charge in [-0.3, -0.25) is 14.5 Å². The van der Waals surface area contributed by atoms with Gasteiger partial charge >= 0.3 is 0 Å². The molecule has 5 atom stereocenters. The third-order valence-electron chi connectivity index (χ3n) is 4.82. The fourth-order valence-corrected chi connectivity index (χ4v) is 4.37. The number of aliphatic hydroxyl groups excluding tert-OH is 4. The zero-order valence-corrected chi connectivity index (χ0v) is 18.0. The molecule has 3 rings (SSSR count). The molecule has 0 aliphatic carbocycles. The van der Waals surface area contributed by atoms with E-state index in [9.17, 15) is 24.9 Å². The minimum absolute atomic E-state index is 0.182. The Morgan fingerprint density at radius 2 is 1.97 bits per heavy atom. The Bertz CT molecular complexity index is 878. The fourth-order valence-electron chi connectivity index (χ4n) is 3.12. The highest BCUT2D eigenvalue weighted by atomic mass is 32.2. The molecule has 0 spiro atoms. The number of rotatable bonds is 6. The Balaban J connectivity index is 1.64. The standard InChI is InChI=1S/C19H22N2O8S2/c1-28-10-4-2-9(3-5-10)6-12-17(26)21(19(30)31-12)7-13(23)20-14-16(25)15(24)11(8-22)29-18(14)27/h2-6,11,14-16,18,22,24-25,27H,7-8H2,1H3,(H,20,23)/b12-6-/t11-,14+,15+,16-,18-/m1/s1. The second kappa shape index (κ2) is 10.0. The summed E-state index contributed by atoms with van der Waals surface area (Å²) < 4.78 is 10.3. The topological polar surface area (TPSA) is 149 Å². The summed E-state index contributed by atoms with van der Waals surface area (Å²) in [7, 11) is 1.55. The zero-order valence-electron chi connectivity index (χ0n) is 16.4. The quantitative estimate of drug-likeness (QED) is 0.254. The molecule has 2 saturated heterocycles. The molecule has 2 heterocycles. The monoisotopic (exact) mass is 470 g/mol. The van der Waals surface area contributed by atoms with Crippen molar-refractivity contribution >= 4 is 46.2 Å². The first kappa shape index (κ1) is 23.6. The molecule has 0 radical (unpaired) electrons. The van der Waals surface area contributed by atoms with Crippen molar-refractivity contribution in [1.82, 2.24) is 10.2 Å². The molecule has 31 heavy (non-hydrogen) atoms. The second-order valence-corrected chi connectivity index (χ2v) is 8.54. The Hall–Kier alpha value is -2.06. The van der Waals surface area contributed by atoms with Crippen LogP contribution in [0.4, 0.5) is 0 Å². The van der Waals surface area contributed by atoms with E-state index in [-0.39, 0.29) is 4.32 Å². The van der Waals surface area contributed by atoms with E-state index in [0.717, 1.165) is 22.2 Å². The van der Waals surface area contributed by atoms with Gasteiger partial charge in [0.1, 0.15) is 41.0 Å². The average Bonchev–Trinajstić information content (AvgIpc) is 3.01. The summed E-state index contributed by atoms with van der Waals surface area (Å²) >= 11 is 6.25. The van der Waals surface area contributed by atoms with Crippen LogP contribution in [0.5, 0.6) is 5.75 Å². The van der Waals surface area contributed by atoms with Crippen LogP contribution in [0.15, 0.2) is 29.2 Å². The highest BCUT2D eigenvalue weighted by molar-refractivity contribution is 8.26. The summed E-state index contributed by atoms with van der Waals surface area (Å²) in [6, 6.07) is 5.69. The maximum Gasteiger partial charge on any atom is 0.266 e. The van der Waals surface area contributed by atoms with Crippen LogP contribution < -0.4 is 10.1 Å². The lowest BCUT2D eigenvalue weighted by Crippen LogP contribution is -2.64. The van der Waals surface area contributed by atoms with E-state index >= 15 is 0 Å². The third kappa shape index (κ3) is 5.23. The van der Waals surface area contributed by atoms with Crippen LogP contribution in [-0.2, 0) is 14.3 Å². The van der Waals surface area contributed by atoms with E-state index in [1.54, 1.807) is 37.5 Å². The number of carbonyl (C=O) groups excluding carboxylic acids is 2. The normalized spacial score (nSPS) is 30.0. The largest absolute Gasteiger partial charge is 0.497 e. The van der Waals surface area contributed by atoms with Gasteiger partial charge in [0.2, 0.25) is 5.91 Å². The van der Waals surface area contributed by atoms with Crippen LogP contribution >= 0.6 is 24.0 Å². The Morgan fingerprint density at radius 1 is 1.29 bits per heavy atom. The third-order valence-corrected chi connectivity index (χ3v) is 6.19. The van der Waals surface area contributed by atoms with Crippen LogP contribution in [0.2, 0.25) is 0 Å². The van der Waals surface area contributed by atoms with Crippen molar-refractivity contribution < 1.29 is 39.5 Å². The molecule has 12 heteroatoms. The summed E-state index contributed by atoms with van der Waals surface area (Å²) in [5, 5.41) is 41.4. The number of aliphatic hydroxyl groups is 4. The van der Waals surface area contributed by atoms with Gasteiger partial charge in [0.15, 0.2) is 6.29 Å². The van der Waals surface area contributed by atoms with E-state index in [1.165, 1.54) is 0 Å². The van der Waals surface area contributed by atoms with Gasteiger partial charge in [0.25, 0.3) is 5.91 Å². The molecule has 0 unspecified atom stereocenters. The molecule has 0 aromatic heterocycles. The van der Waals surface area contributed by atoms with Crippen molar-refractivity contribution in [1.29, 1.82) is 0 Å². The van der Waals surface area contributed by atoms with Gasteiger partial charge in [-0.05, 0) is 23.8 Å². The van der Waals surface area contributed by atoms with Crippen LogP contribution in [0.1, 0.15) is 5.56 Å². The van der Waals surface area contributed by atoms with Gasteiger partial charge in [0.05, 0.1) is 18.6 Å². The molecule has 10 nitrogen and oxygen atoms in total. The number of ether oxygens (including phenoxy) is 2. The highest BCUT2D eigenvalue weighted by Gasteiger charge is 2.44. The number of hydrogen-bond donors (Lipinski definition) is 5. The first-order valence-corrected chi connectivity index (χ1v) is 10.5. The predicted molar refractivity (Wildman–Crippen MR) is 115 cm³/mol. The van der Waals surface area contributed by atoms with Gasteiger partial charge in [0, 0.05) is 0 Å². The van der Waals surface area contributed by atoms with Gasteiger partial charge in [-0.1, -0.05) is 36.1 Å². The van der Waals surface area contributed by atoms with Crippen LogP contribution in [0, 0.1) is 0 Å². The fraction of sp³-hybridized carbons (Fsp3) is 0.421. The molecule has 1 aromatic rings. The summed E-state index contributed by atoms with van der Waals surface area (Å²) in [5.41, 5.74) is 0.753. The summed E-state index contributed by atoms with van der Waals surface area (Å²) in [5.74, 6) is -0.501. The molecular formula is C19H22N2O8S2. The molecule has 2 amide bonds. The first-order chi connectivity index (χ1) is 14.7. The lowest BCUT2D eigenvalue weighted by molar-refractivity contribution is -0.253. The molecule has 1 aromatic carbocycles. The molecule has 2 aliphatic rings. The number of thioether (sulfide) groups is 1. The number of nitrogens with zero attached hydrogens (tertiary/aromatic N) is 1. The number of benzene rings is 1. The van der Waals surface area contributed by atoms with Crippen LogP contribution in [0.25, 0.3) is 6.08 Å². The summed E-state index contributed by atoms with van der Waals surface area (Å²) in [6.45, 7) is -1.06. The lowest BCUT2D eigenvalue weighted by atomic mass is 9.97. The molecule has 168 valence electrons. The van der Waals surface area contributed by atoms with Crippen molar-refractivity contribution in [2.45, 2.75) is 30.6 Å². The molecule has 0 bridgehead atoms. The highest BCUT2D eigenvalue weighted by Crippen LogP contribution is 2.32. The smallest absolute Gasteiger partial charge is 0.266 e. The summed E-state index contributed by atoms with van der Waals surface area (Å²) in [6.07, 6.45) is -4.29. The number of thiocarbonyl (C=S) groups is 1. The maximum atomic E-state index is 12.7. The molecular weight excluding hydrogens is 448 g/mol. The Kier molecular flexibility index (Phi) is 7.64. The van der Waals surface area contributed by atoms with Gasteiger partial charge in [-0.25, -0.2) is 0 Å². The van der Waals surface area contributed by atoms with Gasteiger partial charge < -0.3 is 35.2 Å². The minimum atomic E-state index is -1.65. The number of carbonyl (C=O) groups is 2. The van der Waals surface area contributed by atoms with Crippen molar-refractivity contribution in [3.8, 4) is 5.75 Å². The molecule has 2 aliphatic heterocycles. The SMILES string of the molecule is COc1ccc(/C=C2\SC(=S)N(CC(=O)N[C@H]3[C@@H](O)[C@@H](O)[C@@H](CO)O[C@H]3O)C2=O)cc1. The van der Waals surface area contributed by atoms with E-state index < -0.39 is 55.6 Å².